The van der Waals surface area contributed by atoms with Gasteiger partial charge in [-0.05, 0) is 50.8 Å². The molecule has 1 amide bonds. The van der Waals surface area contributed by atoms with E-state index in [0.717, 1.165) is 42.9 Å². The van der Waals surface area contributed by atoms with Crippen molar-refractivity contribution in [2.24, 2.45) is 0 Å². The molecule has 1 unspecified atom stereocenters. The fraction of sp³-hybridized carbons (Fsp3) is 0.588. The molecule has 4 heteroatoms. The van der Waals surface area contributed by atoms with Gasteiger partial charge in [-0.1, -0.05) is 23.7 Å². The Hall–Kier alpha value is -1.06. The van der Waals surface area contributed by atoms with Crippen molar-refractivity contribution in [3.63, 3.8) is 0 Å². The Morgan fingerprint density at radius 3 is 2.52 bits per heavy atom. The van der Waals surface area contributed by atoms with Gasteiger partial charge in [0.15, 0.2) is 0 Å². The molecule has 3 nitrogen and oxygen atoms in total. The largest absolute Gasteiger partial charge is 0.351 e. The van der Waals surface area contributed by atoms with E-state index in [1.807, 2.05) is 24.3 Å². The number of nitrogens with one attached hydrogen (secondary N) is 1. The van der Waals surface area contributed by atoms with E-state index in [4.69, 9.17) is 11.6 Å². The summed E-state index contributed by atoms with van der Waals surface area (Å²) in [5.41, 5.74) is 0.804. The third-order valence-electron chi connectivity index (χ3n) is 4.87. The highest BCUT2D eigenvalue weighted by atomic mass is 35.5. The molecule has 2 fully saturated rings. The molecule has 0 radical (unpaired) electrons. The highest BCUT2D eigenvalue weighted by Gasteiger charge is 2.51. The van der Waals surface area contributed by atoms with Gasteiger partial charge in [-0.2, -0.15) is 0 Å². The quantitative estimate of drug-likeness (QED) is 0.927. The van der Waals surface area contributed by atoms with Crippen molar-refractivity contribution in [3.05, 3.63) is 34.9 Å². The van der Waals surface area contributed by atoms with E-state index in [-0.39, 0.29) is 11.3 Å². The third-order valence-corrected chi connectivity index (χ3v) is 5.12. The molecule has 1 heterocycles. The summed E-state index contributed by atoms with van der Waals surface area (Å²) in [6.45, 7) is 6.47. The van der Waals surface area contributed by atoms with Crippen LogP contribution in [0.15, 0.2) is 24.3 Å². The van der Waals surface area contributed by atoms with Crippen LogP contribution in [0.5, 0.6) is 0 Å². The summed E-state index contributed by atoms with van der Waals surface area (Å²) < 4.78 is 0. The van der Waals surface area contributed by atoms with Crippen molar-refractivity contribution in [1.82, 2.24) is 10.2 Å². The zero-order valence-corrected chi connectivity index (χ0v) is 13.5. The highest BCUT2D eigenvalue weighted by molar-refractivity contribution is 6.30. The molecule has 114 valence electrons. The minimum absolute atomic E-state index is 0.195. The molecule has 1 aromatic carbocycles. The summed E-state index contributed by atoms with van der Waals surface area (Å²) in [5.74, 6) is 0.195. The van der Waals surface area contributed by atoms with Gasteiger partial charge in [-0.25, -0.2) is 0 Å². The van der Waals surface area contributed by atoms with E-state index in [1.54, 1.807) is 0 Å². The number of rotatable bonds is 4. The standard InChI is InChI=1S/C17H23ClN2O/c1-12(2)20-10-7-15(11-20)19-16(21)17(8-9-17)13-3-5-14(18)6-4-13/h3-6,12,15H,7-11H2,1-2H3,(H,19,21). The van der Waals surface area contributed by atoms with Crippen LogP contribution >= 0.6 is 11.6 Å². The van der Waals surface area contributed by atoms with Gasteiger partial charge in [-0.3, -0.25) is 9.69 Å². The number of hydrogen-bond acceptors (Lipinski definition) is 2. The van der Waals surface area contributed by atoms with Crippen molar-refractivity contribution in [2.75, 3.05) is 13.1 Å². The molecule has 0 bridgehead atoms. The minimum Gasteiger partial charge on any atom is -0.351 e. The summed E-state index contributed by atoms with van der Waals surface area (Å²) >= 11 is 5.94. The van der Waals surface area contributed by atoms with Crippen LogP contribution in [-0.2, 0) is 10.2 Å². The second-order valence-corrected chi connectivity index (χ2v) is 7.07. The van der Waals surface area contributed by atoms with Crippen LogP contribution in [-0.4, -0.2) is 36.0 Å². The van der Waals surface area contributed by atoms with Gasteiger partial charge >= 0.3 is 0 Å². The molecular formula is C17H23ClN2O. The SMILES string of the molecule is CC(C)N1CCC(NC(=O)C2(c3ccc(Cl)cc3)CC2)C1. The molecule has 1 aliphatic carbocycles. The van der Waals surface area contributed by atoms with E-state index in [0.29, 0.717) is 12.1 Å². The Kier molecular flexibility index (Phi) is 3.98. The Morgan fingerprint density at radius 1 is 1.33 bits per heavy atom. The highest BCUT2D eigenvalue weighted by Crippen LogP contribution is 2.48. The summed E-state index contributed by atoms with van der Waals surface area (Å²) in [7, 11) is 0. The first-order chi connectivity index (χ1) is 10.0. The number of carbonyl (C=O) groups excluding carboxylic acids is 1. The van der Waals surface area contributed by atoms with Gasteiger partial charge in [0.1, 0.15) is 0 Å². The lowest BCUT2D eigenvalue weighted by Crippen LogP contribution is -2.43. The van der Waals surface area contributed by atoms with Crippen molar-refractivity contribution >= 4 is 17.5 Å². The van der Waals surface area contributed by atoms with Crippen LogP contribution in [0.3, 0.4) is 0 Å². The number of halogens is 1. The molecule has 1 atom stereocenters. The molecule has 3 rings (SSSR count). The maximum Gasteiger partial charge on any atom is 0.230 e. The Morgan fingerprint density at radius 2 is 2.00 bits per heavy atom. The zero-order chi connectivity index (χ0) is 15.0. The number of amides is 1. The molecule has 0 spiro atoms. The van der Waals surface area contributed by atoms with Gasteiger partial charge in [0, 0.05) is 30.2 Å². The molecule has 1 aliphatic heterocycles. The number of carbonyl (C=O) groups is 1. The second kappa shape index (κ2) is 5.62. The summed E-state index contributed by atoms with van der Waals surface area (Å²) in [4.78, 5) is 15.1. The maximum absolute atomic E-state index is 12.7. The molecular weight excluding hydrogens is 284 g/mol. The monoisotopic (exact) mass is 306 g/mol. The Bertz CT molecular complexity index is 522. The fourth-order valence-electron chi connectivity index (χ4n) is 3.24. The summed E-state index contributed by atoms with van der Waals surface area (Å²) in [6.07, 6.45) is 2.95. The molecule has 1 aromatic rings. The predicted octanol–water partition coefficient (Wildman–Crippen LogP) is 2.97. The molecule has 1 saturated heterocycles. The first kappa shape index (κ1) is 14.9. The Balaban J connectivity index is 1.64. The average Bonchev–Trinajstić information content (AvgIpc) is 3.13. The first-order valence-electron chi connectivity index (χ1n) is 7.82. The average molecular weight is 307 g/mol. The lowest BCUT2D eigenvalue weighted by molar-refractivity contribution is -0.124. The lowest BCUT2D eigenvalue weighted by atomic mass is 9.94. The smallest absolute Gasteiger partial charge is 0.230 e. The summed E-state index contributed by atoms with van der Waals surface area (Å²) in [6, 6.07) is 8.58. The predicted molar refractivity (Wildman–Crippen MR) is 85.6 cm³/mol. The van der Waals surface area contributed by atoms with E-state index in [2.05, 4.69) is 24.1 Å². The second-order valence-electron chi connectivity index (χ2n) is 6.64. The first-order valence-corrected chi connectivity index (χ1v) is 8.20. The van der Waals surface area contributed by atoms with Gasteiger partial charge < -0.3 is 5.32 Å². The van der Waals surface area contributed by atoms with Crippen LogP contribution in [0.1, 0.15) is 38.7 Å². The number of hydrogen-bond donors (Lipinski definition) is 1. The van der Waals surface area contributed by atoms with Gasteiger partial charge in [0.2, 0.25) is 5.91 Å². The lowest BCUT2D eigenvalue weighted by Gasteiger charge is -2.22. The van der Waals surface area contributed by atoms with Crippen molar-refractivity contribution < 1.29 is 4.79 Å². The number of nitrogens with zero attached hydrogens (tertiary/aromatic N) is 1. The molecule has 21 heavy (non-hydrogen) atoms. The molecule has 2 aliphatic rings. The zero-order valence-electron chi connectivity index (χ0n) is 12.7. The van der Waals surface area contributed by atoms with Crippen LogP contribution in [0, 0.1) is 0 Å². The molecule has 1 saturated carbocycles. The Labute approximate surface area is 131 Å². The molecule has 0 aromatic heterocycles. The van der Waals surface area contributed by atoms with Gasteiger partial charge in [0.05, 0.1) is 5.41 Å². The van der Waals surface area contributed by atoms with Gasteiger partial charge in [0.25, 0.3) is 0 Å². The number of benzene rings is 1. The minimum atomic E-state index is -0.296. The molecule has 1 N–H and O–H groups in total. The number of likely N-dealkylation sites (tertiary alicyclic amines) is 1. The van der Waals surface area contributed by atoms with Crippen LogP contribution in [0.4, 0.5) is 0 Å². The van der Waals surface area contributed by atoms with Crippen molar-refractivity contribution in [1.29, 1.82) is 0 Å². The van der Waals surface area contributed by atoms with Crippen LogP contribution < -0.4 is 5.32 Å². The van der Waals surface area contributed by atoms with Crippen molar-refractivity contribution in [3.8, 4) is 0 Å². The van der Waals surface area contributed by atoms with Gasteiger partial charge in [-0.15, -0.1) is 0 Å². The van der Waals surface area contributed by atoms with Crippen LogP contribution in [0.2, 0.25) is 5.02 Å². The van der Waals surface area contributed by atoms with E-state index in [1.165, 1.54) is 0 Å². The fourth-order valence-corrected chi connectivity index (χ4v) is 3.36. The van der Waals surface area contributed by atoms with E-state index >= 15 is 0 Å². The summed E-state index contributed by atoms with van der Waals surface area (Å²) in [5, 5.41) is 3.99. The van der Waals surface area contributed by atoms with E-state index in [9.17, 15) is 4.79 Å². The maximum atomic E-state index is 12.7. The van der Waals surface area contributed by atoms with E-state index < -0.39 is 0 Å². The van der Waals surface area contributed by atoms with Crippen molar-refractivity contribution in [2.45, 2.75) is 50.6 Å². The third kappa shape index (κ3) is 2.95. The van der Waals surface area contributed by atoms with Crippen LogP contribution in [0.25, 0.3) is 0 Å². The topological polar surface area (TPSA) is 32.3 Å². The normalized spacial score (nSPS) is 24.3.